The third-order valence-corrected chi connectivity index (χ3v) is 28.9. The van der Waals surface area contributed by atoms with E-state index >= 15 is 4.39 Å². The Labute approximate surface area is 778 Å². The molecular formula is C101H109FN20O9S2. The van der Waals surface area contributed by atoms with E-state index in [0.29, 0.717) is 146 Å². The molecular weight excluding hydrogens is 1720 g/mol. The van der Waals surface area contributed by atoms with E-state index in [-0.39, 0.29) is 74.2 Å². The number of carbonyl (C=O) groups excluding carboxylic acids is 6. The molecule has 1 unspecified atom stereocenters. The number of anilines is 1. The van der Waals surface area contributed by atoms with Gasteiger partial charge in [-0.05, 0) is 191 Å². The molecule has 0 spiro atoms. The lowest BCUT2D eigenvalue weighted by atomic mass is 9.80. The van der Waals surface area contributed by atoms with Crippen LogP contribution in [-0.4, -0.2) is 269 Å². The summed E-state index contributed by atoms with van der Waals surface area (Å²) in [6, 6.07) is 39.9. The number of thiazole rings is 2. The number of carbonyl (C=O) groups is 6. The molecule has 15 heterocycles. The van der Waals surface area contributed by atoms with Crippen molar-refractivity contribution in [3.05, 3.63) is 231 Å². The van der Waals surface area contributed by atoms with Crippen LogP contribution in [0, 0.1) is 30.1 Å². The highest BCUT2D eigenvalue weighted by Crippen LogP contribution is 2.44. The number of amides is 4. The number of alkyl halides is 1. The predicted octanol–water partition coefficient (Wildman–Crippen LogP) is 14.0. The van der Waals surface area contributed by atoms with Crippen LogP contribution in [-0.2, 0) is 61.5 Å². The van der Waals surface area contributed by atoms with Gasteiger partial charge in [-0.3, -0.25) is 73.7 Å². The summed E-state index contributed by atoms with van der Waals surface area (Å²) in [7, 11) is 4.88. The Hall–Kier alpha value is -12.5. The molecule has 7 aliphatic rings. The Kier molecular flexibility index (Phi) is 27.4. The second-order valence-corrected chi connectivity index (χ2v) is 38.1. The first-order chi connectivity index (χ1) is 64.7. The number of aromatic amines is 3. The maximum Gasteiger partial charge on any atom is 0.237 e. The molecule has 13 aromatic rings. The van der Waals surface area contributed by atoms with E-state index in [4.69, 9.17) is 14.2 Å². The number of hydrogen-bond acceptors (Lipinski definition) is 24. The van der Waals surface area contributed by atoms with E-state index in [9.17, 15) is 28.8 Å². The van der Waals surface area contributed by atoms with Crippen LogP contribution in [0.15, 0.2) is 188 Å². The molecule has 20 rings (SSSR count). The van der Waals surface area contributed by atoms with Crippen molar-refractivity contribution in [3.8, 4) is 45.2 Å². The molecule has 4 aromatic carbocycles. The van der Waals surface area contributed by atoms with Gasteiger partial charge in [0.15, 0.2) is 11.5 Å². The number of piperidine rings is 1. The monoisotopic (exact) mass is 1830 g/mol. The molecule has 1 saturated carbocycles. The van der Waals surface area contributed by atoms with Crippen LogP contribution in [0.2, 0.25) is 0 Å². The van der Waals surface area contributed by atoms with E-state index in [2.05, 4.69) is 128 Å². The molecule has 4 amide bonds. The van der Waals surface area contributed by atoms with Crippen LogP contribution in [0.3, 0.4) is 0 Å². The van der Waals surface area contributed by atoms with Crippen molar-refractivity contribution in [2.24, 2.45) is 16.2 Å². The number of likely N-dealkylation sites (tertiary alicyclic amines) is 4. The zero-order valence-corrected chi connectivity index (χ0v) is 77.1. The molecule has 9 aromatic heterocycles. The highest BCUT2D eigenvalue weighted by atomic mass is 32.1. The number of pyridine rings is 3. The molecule has 0 radical (unpaired) electrons. The smallest absolute Gasteiger partial charge is 0.237 e. The number of halogens is 1. The Morgan fingerprint density at radius 2 is 0.932 bits per heavy atom. The van der Waals surface area contributed by atoms with Gasteiger partial charge in [-0.2, -0.15) is 15.3 Å². The number of fused-ring (bicyclic) bond motifs is 3. The third kappa shape index (κ3) is 20.5. The minimum atomic E-state index is -1.46. The largest absolute Gasteiger partial charge is 0.384 e. The summed E-state index contributed by atoms with van der Waals surface area (Å²) >= 11 is 2.95. The molecule has 4 N–H and O–H groups in total. The molecule has 6 aliphatic heterocycles. The first-order valence-corrected chi connectivity index (χ1v) is 47.3. The number of nitrogens with one attached hydrogen (secondary N) is 4. The normalized spacial score (nSPS) is 19.9. The van der Waals surface area contributed by atoms with Crippen molar-refractivity contribution in [3.63, 3.8) is 0 Å². The SMILES string of the molecule is COCC1(C(=O)Nc2ccc3[nH]nc(-c4ccnc(C)c4)c3c2)CCN(CC(=O)N2CC=C(c3nccs3)CC2)C1.COC[C@@]1(C(=O)Cc2ccc3[nH]nc(-c4ccnc(C)c4)c3c2)CCN(CC(=O)N2CC=C(c3ccc(-c4ncccn4)cc3)CC2)C1.COC[C@@]1(C(=O)Cc2ccc3[nH]nc(-c4ccnc(C5CC5)c4)c3c2)CCN(CC(=O)N2CCC(F)(c3nccs3)CC2)C1. The topological polar surface area (TPSA) is 338 Å². The minimum absolute atomic E-state index is 0.0225. The first-order valence-electron chi connectivity index (χ1n) is 45.5. The van der Waals surface area contributed by atoms with Gasteiger partial charge in [0.1, 0.15) is 38.7 Å². The Bertz CT molecular complexity index is 6450. The number of H-pyrrole nitrogens is 3. The summed E-state index contributed by atoms with van der Waals surface area (Å²) in [4.78, 5) is 123. The van der Waals surface area contributed by atoms with Crippen LogP contribution < -0.4 is 5.32 Å². The number of ketones is 2. The molecule has 29 nitrogen and oxygen atoms in total. The molecule has 0 bridgehead atoms. The quantitative estimate of drug-likeness (QED) is 0.0354. The third-order valence-electron chi connectivity index (χ3n) is 27.1. The zero-order chi connectivity index (χ0) is 91.8. The van der Waals surface area contributed by atoms with E-state index in [1.54, 1.807) is 73.9 Å². The number of Topliss-reactive ketones (excluding diaryl/α,β-unsaturated/α-hetero) is 2. The van der Waals surface area contributed by atoms with Crippen molar-refractivity contribution in [1.82, 2.24) is 94.9 Å². The number of hydrogen-bond donors (Lipinski definition) is 4. The van der Waals surface area contributed by atoms with Crippen molar-refractivity contribution < 1.29 is 47.4 Å². The second-order valence-electron chi connectivity index (χ2n) is 36.3. The standard InChI is InChI=1S/C38H39N7O3.C33H37FN6O3S.C30H33N7O3S/c1-26-20-31(10-16-39-26)36-32-21-27(4-9-33(32)42-43-36)22-34(46)38(25-48-2)13-19-44(24-38)23-35(47)45-17-11-29(12-18-45)28-5-7-30(8-6-28)37-40-14-3-15-41-37;1-43-21-32(7-12-39(20-32)19-29(42)40-13-8-33(34,9-14-40)31-36-11-15-44-31)28(41)17-22-2-5-26-25(16-22)30(38-37-26)24-6-10-35-27(18-24)23-3-4-23;1-20-15-22(5-9-31-20)27-24-16-23(3-4-25(24)34-35-27)33-29(39)30(19-40-2)8-13-36(18-30)17-26(38)37-11-6-21(7-12-37)28-32-10-14-41-28/h3-11,14-16,20-21H,12-13,17-19,22-25H2,1-2H3,(H,42,43);2,5-6,10-11,15-16,18,23H,3-4,7-9,12-14,17,19-21H2,1H3,(H,37,38);3-6,9-10,14-16H,7-8,11-13,17-19H2,1-2H3,(H,33,39)(H,34,35)/t38-;32-;/m11./s1. The lowest BCUT2D eigenvalue weighted by molar-refractivity contribution is -0.136. The highest BCUT2D eigenvalue weighted by Gasteiger charge is 2.49. The number of rotatable bonds is 28. The predicted molar refractivity (Wildman–Crippen MR) is 510 cm³/mol. The van der Waals surface area contributed by atoms with Gasteiger partial charge in [0.2, 0.25) is 23.6 Å². The number of aryl methyl sites for hydroxylation is 2. The summed E-state index contributed by atoms with van der Waals surface area (Å²) in [5.41, 5.74) is 14.7. The Morgan fingerprint density at radius 3 is 1.43 bits per heavy atom. The molecule has 5 fully saturated rings. The van der Waals surface area contributed by atoms with Crippen LogP contribution in [0.4, 0.5) is 10.1 Å². The number of benzene rings is 4. The van der Waals surface area contributed by atoms with Crippen molar-refractivity contribution in [2.75, 3.05) is 145 Å². The number of aromatic nitrogens is 13. The Morgan fingerprint density at radius 1 is 0.459 bits per heavy atom. The summed E-state index contributed by atoms with van der Waals surface area (Å²) in [5, 5.41) is 34.3. The summed E-state index contributed by atoms with van der Waals surface area (Å²) in [6.07, 6.45) is 23.5. The summed E-state index contributed by atoms with van der Waals surface area (Å²) < 4.78 is 32.1. The average molecular weight is 1830 g/mol. The highest BCUT2D eigenvalue weighted by molar-refractivity contribution is 7.10. The average Bonchev–Trinajstić information content (AvgIpc) is 1.66. The number of ether oxygens (including phenoxy) is 3. The summed E-state index contributed by atoms with van der Waals surface area (Å²) in [6.45, 7) is 12.3. The second kappa shape index (κ2) is 40.1. The van der Waals surface area contributed by atoms with E-state index in [1.165, 1.54) is 35.3 Å². The molecule has 686 valence electrons. The number of nitrogens with zero attached hydrogens (tertiary/aromatic N) is 16. The molecule has 133 heavy (non-hydrogen) atoms. The van der Waals surface area contributed by atoms with Crippen LogP contribution in [0.25, 0.3) is 89.0 Å². The van der Waals surface area contributed by atoms with Gasteiger partial charge < -0.3 is 34.2 Å². The molecule has 1 aliphatic carbocycles. The van der Waals surface area contributed by atoms with Gasteiger partial charge in [-0.1, -0.05) is 48.6 Å². The van der Waals surface area contributed by atoms with Crippen LogP contribution in [0.1, 0.15) is 107 Å². The molecule has 3 atom stereocenters. The molecule has 32 heteroatoms. The van der Waals surface area contributed by atoms with Crippen LogP contribution >= 0.6 is 22.7 Å². The van der Waals surface area contributed by atoms with E-state index < -0.39 is 21.9 Å². The van der Waals surface area contributed by atoms with Gasteiger partial charge in [0.05, 0.1) is 72.2 Å². The molecule has 4 saturated heterocycles. The van der Waals surface area contributed by atoms with Gasteiger partial charge in [-0.15, -0.1) is 22.7 Å². The van der Waals surface area contributed by atoms with Gasteiger partial charge in [0, 0.05) is 227 Å². The minimum Gasteiger partial charge on any atom is -0.384 e. The first kappa shape index (κ1) is 91.0. The van der Waals surface area contributed by atoms with Crippen molar-refractivity contribution in [2.45, 2.75) is 96.1 Å². The van der Waals surface area contributed by atoms with E-state index in [0.717, 1.165) is 124 Å². The Balaban J connectivity index is 0.000000134. The van der Waals surface area contributed by atoms with E-state index in [1.807, 2.05) is 132 Å². The fourth-order valence-electron chi connectivity index (χ4n) is 19.6. The zero-order valence-electron chi connectivity index (χ0n) is 75.5. The van der Waals surface area contributed by atoms with Crippen LogP contribution in [0.5, 0.6) is 0 Å². The van der Waals surface area contributed by atoms with Gasteiger partial charge >= 0.3 is 0 Å². The lowest BCUT2D eigenvalue weighted by Crippen LogP contribution is -2.47. The fourth-order valence-corrected chi connectivity index (χ4v) is 21.1. The summed E-state index contributed by atoms with van der Waals surface area (Å²) in [5.74, 6) is 1.55. The van der Waals surface area contributed by atoms with Crippen molar-refractivity contribution in [1.29, 1.82) is 0 Å². The van der Waals surface area contributed by atoms with Gasteiger partial charge in [0.25, 0.3) is 0 Å². The number of methoxy groups -OCH3 is 3. The maximum absolute atomic E-state index is 15.4. The fraction of sp³-hybridized carbons (Fsp3) is 0.386. The maximum atomic E-state index is 15.4. The van der Waals surface area contributed by atoms with Gasteiger partial charge in [-0.25, -0.2) is 24.3 Å². The van der Waals surface area contributed by atoms with Crippen molar-refractivity contribution >= 4 is 107 Å². The lowest BCUT2D eigenvalue weighted by Gasteiger charge is -2.36.